The molecule has 178 valence electrons. The van der Waals surface area contributed by atoms with E-state index in [4.69, 9.17) is 4.42 Å². The normalized spacial score (nSPS) is 13.4. The average molecular weight is 480 g/mol. The molecule has 2 rings (SSSR count). The maximum atomic E-state index is 13.1. The number of aliphatic imine (C=N–C) groups is 1. The van der Waals surface area contributed by atoms with Gasteiger partial charge in [-0.3, -0.25) is 0 Å². The van der Waals surface area contributed by atoms with Gasteiger partial charge in [0, 0.05) is 24.1 Å². The van der Waals surface area contributed by atoms with E-state index in [2.05, 4.69) is 25.4 Å². The van der Waals surface area contributed by atoms with Gasteiger partial charge in [-0.15, -0.1) is 0 Å². The van der Waals surface area contributed by atoms with Crippen molar-refractivity contribution in [1.82, 2.24) is 9.71 Å². The molecule has 32 heavy (non-hydrogen) atoms. The molecule has 0 spiro atoms. The van der Waals surface area contributed by atoms with Gasteiger partial charge < -0.3 is 9.25 Å². The van der Waals surface area contributed by atoms with Crippen molar-refractivity contribution in [2.24, 2.45) is 10.9 Å². The molecular formula is C19H24F4N4O4S. The molecule has 0 aliphatic rings. The van der Waals surface area contributed by atoms with Crippen molar-refractivity contribution in [1.29, 1.82) is 0 Å². The van der Waals surface area contributed by atoms with E-state index >= 15 is 0 Å². The van der Waals surface area contributed by atoms with Gasteiger partial charge in [0.15, 0.2) is 0 Å². The first-order valence-corrected chi connectivity index (χ1v) is 11.2. The summed E-state index contributed by atoms with van der Waals surface area (Å²) in [6, 6.07) is 5.58. The molecule has 1 aromatic carbocycles. The lowest BCUT2D eigenvalue weighted by Gasteiger charge is -2.22. The highest BCUT2D eigenvalue weighted by Gasteiger charge is 2.38. The number of hydrogen-bond acceptors (Lipinski definition) is 7. The van der Waals surface area contributed by atoms with E-state index in [1.54, 1.807) is 13.8 Å². The van der Waals surface area contributed by atoms with Crippen molar-refractivity contribution in [3.63, 3.8) is 0 Å². The molecule has 0 saturated carbocycles. The van der Waals surface area contributed by atoms with Gasteiger partial charge in [-0.2, -0.15) is 19.1 Å². The van der Waals surface area contributed by atoms with Crippen LogP contribution in [0.2, 0.25) is 0 Å². The Morgan fingerprint density at radius 1 is 1.22 bits per heavy atom. The summed E-state index contributed by atoms with van der Waals surface area (Å²) in [5, 5.41) is 0. The van der Waals surface area contributed by atoms with Gasteiger partial charge in [-0.25, -0.2) is 27.5 Å². The SMILES string of the molecule is CC(C)(CNS(=O)(=O)CCCCN=C(ON)C(F)(F)F)c1coc(-c2ccc(F)cc2)n1. The van der Waals surface area contributed by atoms with Gasteiger partial charge in [-0.05, 0) is 37.1 Å². The van der Waals surface area contributed by atoms with Crippen LogP contribution in [0.5, 0.6) is 0 Å². The minimum Gasteiger partial charge on any atom is -0.444 e. The number of alkyl halides is 3. The number of unbranched alkanes of at least 4 members (excludes halogenated alkanes) is 1. The molecule has 13 heteroatoms. The lowest BCUT2D eigenvalue weighted by Crippen LogP contribution is -2.38. The Bertz CT molecular complexity index is 1020. The van der Waals surface area contributed by atoms with E-state index in [1.807, 2.05) is 0 Å². The zero-order valence-corrected chi connectivity index (χ0v) is 18.3. The number of sulfonamides is 1. The topological polar surface area (TPSA) is 120 Å². The van der Waals surface area contributed by atoms with Crippen molar-refractivity contribution in [3.8, 4) is 11.5 Å². The third-order valence-corrected chi connectivity index (χ3v) is 5.86. The molecule has 0 fully saturated rings. The van der Waals surface area contributed by atoms with Crippen molar-refractivity contribution in [2.45, 2.75) is 38.3 Å². The highest BCUT2D eigenvalue weighted by Crippen LogP contribution is 2.26. The summed E-state index contributed by atoms with van der Waals surface area (Å²) in [6.45, 7) is 3.27. The van der Waals surface area contributed by atoms with E-state index < -0.39 is 33.3 Å². The maximum absolute atomic E-state index is 13.1. The first-order valence-electron chi connectivity index (χ1n) is 9.52. The quantitative estimate of drug-likeness (QED) is 0.177. The van der Waals surface area contributed by atoms with Crippen molar-refractivity contribution >= 4 is 15.9 Å². The Morgan fingerprint density at radius 2 is 1.88 bits per heavy atom. The average Bonchev–Trinajstić information content (AvgIpc) is 3.20. The van der Waals surface area contributed by atoms with Gasteiger partial charge in [-0.1, -0.05) is 13.8 Å². The highest BCUT2D eigenvalue weighted by atomic mass is 32.2. The fourth-order valence-electron chi connectivity index (χ4n) is 2.54. The van der Waals surface area contributed by atoms with Crippen LogP contribution in [-0.2, 0) is 20.3 Å². The number of nitrogens with zero attached hydrogens (tertiary/aromatic N) is 2. The second-order valence-corrected chi connectivity index (χ2v) is 9.50. The third kappa shape index (κ3) is 7.57. The highest BCUT2D eigenvalue weighted by molar-refractivity contribution is 7.89. The van der Waals surface area contributed by atoms with Gasteiger partial charge in [0.05, 0.1) is 11.4 Å². The minimum absolute atomic E-state index is 0.0160. The van der Waals surface area contributed by atoms with Crippen LogP contribution >= 0.6 is 0 Å². The first kappa shape index (κ1) is 25.7. The molecule has 0 aliphatic carbocycles. The van der Waals surface area contributed by atoms with Gasteiger partial charge >= 0.3 is 12.1 Å². The van der Waals surface area contributed by atoms with Crippen LogP contribution < -0.4 is 10.6 Å². The Kier molecular flexibility index (Phi) is 8.37. The zero-order valence-electron chi connectivity index (χ0n) is 17.4. The largest absolute Gasteiger partial charge is 0.470 e. The third-order valence-electron chi connectivity index (χ3n) is 4.45. The molecule has 0 bridgehead atoms. The minimum atomic E-state index is -4.80. The number of halogens is 4. The number of oxazole rings is 1. The number of nitrogens with two attached hydrogens (primary N) is 1. The van der Waals surface area contributed by atoms with Gasteiger partial charge in [0.1, 0.15) is 12.1 Å². The van der Waals surface area contributed by atoms with Crippen LogP contribution in [0, 0.1) is 5.82 Å². The smallest absolute Gasteiger partial charge is 0.444 e. The summed E-state index contributed by atoms with van der Waals surface area (Å²) >= 11 is 0. The fraction of sp³-hybridized carbons (Fsp3) is 0.474. The summed E-state index contributed by atoms with van der Waals surface area (Å²) in [5.74, 6) is 2.56. The van der Waals surface area contributed by atoms with Crippen LogP contribution in [0.15, 0.2) is 39.9 Å². The molecule has 0 amide bonds. The Labute approximate surface area is 182 Å². The number of hydrogen-bond donors (Lipinski definition) is 2. The second kappa shape index (κ2) is 10.4. The van der Waals surface area contributed by atoms with Crippen LogP contribution in [0.1, 0.15) is 32.4 Å². The molecule has 3 N–H and O–H groups in total. The molecular weight excluding hydrogens is 456 g/mol. The Balaban J connectivity index is 1.87. The second-order valence-electron chi connectivity index (χ2n) is 7.58. The van der Waals surface area contributed by atoms with Gasteiger partial charge in [0.2, 0.25) is 15.9 Å². The van der Waals surface area contributed by atoms with E-state index in [0.717, 1.165) is 0 Å². The number of nitrogens with one attached hydrogen (secondary N) is 1. The summed E-state index contributed by atoms with van der Waals surface area (Å²) in [7, 11) is -3.68. The molecule has 0 radical (unpaired) electrons. The summed E-state index contributed by atoms with van der Waals surface area (Å²) < 4.78 is 82.7. The van der Waals surface area contributed by atoms with E-state index in [-0.39, 0.29) is 37.6 Å². The molecule has 2 aromatic rings. The van der Waals surface area contributed by atoms with Crippen LogP contribution in [0.25, 0.3) is 11.5 Å². The number of benzene rings is 1. The van der Waals surface area contributed by atoms with E-state index in [9.17, 15) is 26.0 Å². The van der Waals surface area contributed by atoms with Crippen molar-refractivity contribution in [2.75, 3.05) is 18.8 Å². The molecule has 1 aromatic heterocycles. The standard InChI is InChI=1S/C19H24F4N4O4S/c1-18(2,15-11-30-16(27-15)13-5-7-14(20)8-6-13)12-26-32(28,29)10-4-3-9-25-17(31-24)19(21,22)23/h5-8,11,26H,3-4,9-10,12,24H2,1-2H3. The Hall–Kier alpha value is -2.51. The molecule has 0 unspecified atom stereocenters. The maximum Gasteiger partial charge on any atom is 0.470 e. The monoisotopic (exact) mass is 480 g/mol. The first-order chi connectivity index (χ1) is 14.8. The number of rotatable bonds is 10. The predicted molar refractivity (Wildman–Crippen MR) is 110 cm³/mol. The molecule has 0 atom stereocenters. The summed E-state index contributed by atoms with van der Waals surface area (Å²) in [5.41, 5.74) is 0.347. The molecule has 8 nitrogen and oxygen atoms in total. The van der Waals surface area contributed by atoms with Crippen molar-refractivity contribution in [3.05, 3.63) is 42.0 Å². The lowest BCUT2D eigenvalue weighted by molar-refractivity contribution is -0.0787. The predicted octanol–water partition coefficient (Wildman–Crippen LogP) is 3.31. The van der Waals surface area contributed by atoms with E-state index in [0.29, 0.717) is 11.3 Å². The molecule has 0 saturated heterocycles. The molecule has 0 aliphatic heterocycles. The van der Waals surface area contributed by atoms with Gasteiger partial charge in [0.25, 0.3) is 0 Å². The molecule has 1 heterocycles. The number of aromatic nitrogens is 1. The Morgan fingerprint density at radius 3 is 2.47 bits per heavy atom. The summed E-state index contributed by atoms with van der Waals surface area (Å²) in [6.07, 6.45) is -3.21. The van der Waals surface area contributed by atoms with Crippen molar-refractivity contribution < 1.29 is 35.2 Å². The lowest BCUT2D eigenvalue weighted by atomic mass is 9.90. The van der Waals surface area contributed by atoms with E-state index in [1.165, 1.54) is 30.5 Å². The zero-order chi connectivity index (χ0) is 24.0. The van der Waals surface area contributed by atoms with Crippen LogP contribution in [0.3, 0.4) is 0 Å². The fourth-order valence-corrected chi connectivity index (χ4v) is 3.85. The van der Waals surface area contributed by atoms with Crippen LogP contribution in [-0.4, -0.2) is 44.3 Å². The summed E-state index contributed by atoms with van der Waals surface area (Å²) in [4.78, 5) is 11.2. The van der Waals surface area contributed by atoms with Crippen LogP contribution in [0.4, 0.5) is 17.6 Å².